The molecule has 2 aromatic rings. The van der Waals surface area contributed by atoms with Crippen LogP contribution in [0.3, 0.4) is 0 Å². The summed E-state index contributed by atoms with van der Waals surface area (Å²) in [5, 5.41) is 11.2. The van der Waals surface area contributed by atoms with Crippen LogP contribution in [0.15, 0.2) is 24.3 Å². The summed E-state index contributed by atoms with van der Waals surface area (Å²) >= 11 is 0. The summed E-state index contributed by atoms with van der Waals surface area (Å²) in [7, 11) is 2.16. The minimum absolute atomic E-state index is 0.193. The molecule has 25 heavy (non-hydrogen) atoms. The minimum Gasteiger partial charge on any atom is -0.481 e. The Hall–Kier alpha value is -1.81. The van der Waals surface area contributed by atoms with Crippen molar-refractivity contribution in [3.8, 4) is 0 Å². The lowest BCUT2D eigenvalue weighted by Gasteiger charge is -2.54. The molecule has 1 fully saturated rings. The second-order valence-corrected chi connectivity index (χ2v) is 7.88. The number of para-hydroxylation sites is 1. The third kappa shape index (κ3) is 2.20. The summed E-state index contributed by atoms with van der Waals surface area (Å²) < 4.78 is 2.34. The van der Waals surface area contributed by atoms with Gasteiger partial charge in [0.2, 0.25) is 0 Å². The third-order valence-corrected chi connectivity index (χ3v) is 7.06. The number of benzene rings is 1. The number of hydrogen-bond donors (Lipinski definition) is 1. The molecular weight excluding hydrogens is 312 g/mol. The molecule has 4 heteroatoms. The van der Waals surface area contributed by atoms with Crippen molar-refractivity contribution in [2.24, 2.45) is 18.4 Å². The predicted octanol–water partition coefficient (Wildman–Crippen LogP) is 3.99. The molecule has 1 aromatic heterocycles. The van der Waals surface area contributed by atoms with Crippen LogP contribution in [0.1, 0.15) is 50.4 Å². The van der Waals surface area contributed by atoms with Crippen LogP contribution in [-0.2, 0) is 18.3 Å². The van der Waals surface area contributed by atoms with E-state index in [4.69, 9.17) is 0 Å². The summed E-state index contributed by atoms with van der Waals surface area (Å²) in [5.41, 5.74) is 3.88. The van der Waals surface area contributed by atoms with Crippen LogP contribution in [-0.4, -0.2) is 33.6 Å². The lowest BCUT2D eigenvalue weighted by atomic mass is 9.61. The van der Waals surface area contributed by atoms with E-state index in [9.17, 15) is 9.90 Å². The van der Waals surface area contributed by atoms with Crippen molar-refractivity contribution in [3.05, 3.63) is 35.5 Å². The molecule has 4 rings (SSSR count). The van der Waals surface area contributed by atoms with Crippen molar-refractivity contribution in [3.63, 3.8) is 0 Å². The highest BCUT2D eigenvalue weighted by Crippen LogP contribution is 2.55. The Morgan fingerprint density at radius 1 is 1.36 bits per heavy atom. The van der Waals surface area contributed by atoms with Crippen molar-refractivity contribution in [1.29, 1.82) is 0 Å². The first-order valence-corrected chi connectivity index (χ1v) is 9.54. The lowest BCUT2D eigenvalue weighted by molar-refractivity contribution is -0.152. The van der Waals surface area contributed by atoms with Crippen molar-refractivity contribution >= 4 is 16.9 Å². The normalized spacial score (nSPS) is 27.7. The van der Waals surface area contributed by atoms with Crippen LogP contribution in [0, 0.1) is 11.3 Å². The number of carboxylic acids is 1. The van der Waals surface area contributed by atoms with Gasteiger partial charge in [-0.1, -0.05) is 32.0 Å². The van der Waals surface area contributed by atoms with Gasteiger partial charge in [0.15, 0.2) is 0 Å². The van der Waals surface area contributed by atoms with Gasteiger partial charge in [0.25, 0.3) is 0 Å². The van der Waals surface area contributed by atoms with Gasteiger partial charge in [-0.15, -0.1) is 0 Å². The molecule has 0 spiro atoms. The van der Waals surface area contributed by atoms with Gasteiger partial charge in [0.1, 0.15) is 0 Å². The average molecular weight is 340 g/mol. The Balaban J connectivity index is 1.96. The zero-order valence-electron chi connectivity index (χ0n) is 15.5. The highest BCUT2D eigenvalue weighted by atomic mass is 16.4. The maximum absolute atomic E-state index is 12.0. The highest BCUT2D eigenvalue weighted by molar-refractivity contribution is 5.86. The average Bonchev–Trinajstić information content (AvgIpc) is 2.93. The SMILES string of the molecule is CCC1(C(C)C(=O)O)CCCN2CCc3c(n(C)c4ccccc34)C21. The van der Waals surface area contributed by atoms with Gasteiger partial charge in [-0.3, -0.25) is 9.69 Å². The van der Waals surface area contributed by atoms with Crippen LogP contribution < -0.4 is 0 Å². The second-order valence-electron chi connectivity index (χ2n) is 7.88. The number of rotatable bonds is 3. The van der Waals surface area contributed by atoms with Crippen LogP contribution >= 0.6 is 0 Å². The molecule has 3 heterocycles. The number of aryl methyl sites for hydroxylation is 1. The summed E-state index contributed by atoms with van der Waals surface area (Å²) in [4.78, 5) is 14.5. The molecule has 4 nitrogen and oxygen atoms in total. The van der Waals surface area contributed by atoms with E-state index in [1.54, 1.807) is 0 Å². The van der Waals surface area contributed by atoms with E-state index in [0.29, 0.717) is 0 Å². The van der Waals surface area contributed by atoms with Gasteiger partial charge in [0.05, 0.1) is 12.0 Å². The third-order valence-electron chi connectivity index (χ3n) is 7.06. The Bertz CT molecular complexity index is 825. The molecule has 1 aromatic carbocycles. The van der Waals surface area contributed by atoms with Crippen molar-refractivity contribution < 1.29 is 9.90 Å². The molecule has 0 aliphatic carbocycles. The number of nitrogens with zero attached hydrogens (tertiary/aromatic N) is 2. The largest absolute Gasteiger partial charge is 0.481 e. The predicted molar refractivity (Wildman–Crippen MR) is 99.7 cm³/mol. The fourth-order valence-electron chi connectivity index (χ4n) is 5.66. The zero-order valence-corrected chi connectivity index (χ0v) is 15.5. The molecule has 1 saturated heterocycles. The first-order valence-electron chi connectivity index (χ1n) is 9.54. The van der Waals surface area contributed by atoms with Crippen LogP contribution in [0.2, 0.25) is 0 Å². The minimum atomic E-state index is -0.658. The molecule has 134 valence electrons. The molecule has 0 saturated carbocycles. The molecule has 1 N–H and O–H groups in total. The van der Waals surface area contributed by atoms with E-state index in [1.807, 2.05) is 6.92 Å². The van der Waals surface area contributed by atoms with E-state index in [1.165, 1.54) is 22.2 Å². The van der Waals surface area contributed by atoms with Crippen LogP contribution in [0.25, 0.3) is 10.9 Å². The molecule has 3 unspecified atom stereocenters. The van der Waals surface area contributed by atoms with Gasteiger partial charge >= 0.3 is 5.97 Å². The first kappa shape index (κ1) is 16.6. The van der Waals surface area contributed by atoms with Gasteiger partial charge in [0, 0.05) is 35.6 Å². The molecule has 0 radical (unpaired) electrons. The molecule has 0 bridgehead atoms. The Morgan fingerprint density at radius 3 is 2.84 bits per heavy atom. The Kier molecular flexibility index (Phi) is 3.91. The maximum atomic E-state index is 12.0. The maximum Gasteiger partial charge on any atom is 0.306 e. The highest BCUT2D eigenvalue weighted by Gasteiger charge is 2.52. The van der Waals surface area contributed by atoms with Crippen molar-refractivity contribution in [2.45, 2.75) is 45.6 Å². The summed E-state index contributed by atoms with van der Waals surface area (Å²) in [6, 6.07) is 8.83. The van der Waals surface area contributed by atoms with Crippen LogP contribution in [0.4, 0.5) is 0 Å². The lowest BCUT2D eigenvalue weighted by Crippen LogP contribution is -2.53. The first-order chi connectivity index (χ1) is 12.0. The van der Waals surface area contributed by atoms with E-state index in [2.05, 4.69) is 47.7 Å². The fraction of sp³-hybridized carbons (Fsp3) is 0.571. The molecular formula is C21H28N2O2. The van der Waals surface area contributed by atoms with Crippen LogP contribution in [0.5, 0.6) is 0 Å². The number of aromatic nitrogens is 1. The molecule has 0 amide bonds. The molecule has 2 aliphatic heterocycles. The smallest absolute Gasteiger partial charge is 0.306 e. The molecule has 2 aliphatic rings. The van der Waals surface area contributed by atoms with Gasteiger partial charge in [-0.25, -0.2) is 0 Å². The van der Waals surface area contributed by atoms with Crippen molar-refractivity contribution in [1.82, 2.24) is 9.47 Å². The van der Waals surface area contributed by atoms with Gasteiger partial charge in [-0.05, 0) is 43.9 Å². The summed E-state index contributed by atoms with van der Waals surface area (Å²) in [6.45, 7) is 6.23. The Morgan fingerprint density at radius 2 is 2.12 bits per heavy atom. The van der Waals surface area contributed by atoms with E-state index >= 15 is 0 Å². The van der Waals surface area contributed by atoms with E-state index < -0.39 is 5.97 Å². The van der Waals surface area contributed by atoms with Gasteiger partial charge < -0.3 is 9.67 Å². The second kappa shape index (κ2) is 5.87. The van der Waals surface area contributed by atoms with Gasteiger partial charge in [-0.2, -0.15) is 0 Å². The summed E-state index contributed by atoms with van der Waals surface area (Å²) in [5.74, 6) is -0.996. The van der Waals surface area contributed by atoms with E-state index in [0.717, 1.165) is 38.8 Å². The monoisotopic (exact) mass is 340 g/mol. The standard InChI is InChI=1S/C21H28N2O2/c1-4-21(14(2)20(24)25)11-7-12-23-13-10-16-15-8-5-6-9-17(15)22(3)18(16)19(21)23/h5-6,8-9,14,19H,4,7,10-13H2,1-3H3,(H,24,25). The van der Waals surface area contributed by atoms with Crippen molar-refractivity contribution in [2.75, 3.05) is 13.1 Å². The zero-order chi connectivity index (χ0) is 17.8. The van der Waals surface area contributed by atoms with E-state index in [-0.39, 0.29) is 17.4 Å². The molecule has 3 atom stereocenters. The number of carbonyl (C=O) groups is 1. The quantitative estimate of drug-likeness (QED) is 0.919. The number of carboxylic acid groups (broad SMARTS) is 1. The Labute approximate surface area is 149 Å². The number of hydrogen-bond acceptors (Lipinski definition) is 2. The number of aliphatic carboxylic acids is 1. The topological polar surface area (TPSA) is 45.5 Å². The number of piperidine rings is 1. The summed E-state index contributed by atoms with van der Waals surface area (Å²) in [6.07, 6.45) is 4.07. The number of fused-ring (bicyclic) bond motifs is 5. The fourth-order valence-corrected chi connectivity index (χ4v) is 5.66.